The highest BCUT2D eigenvalue weighted by Crippen LogP contribution is 2.30. The predicted molar refractivity (Wildman–Crippen MR) is 75.8 cm³/mol. The molecule has 0 bridgehead atoms. The van der Waals surface area contributed by atoms with Gasteiger partial charge in [0.15, 0.2) is 0 Å². The van der Waals surface area contributed by atoms with E-state index in [4.69, 9.17) is 0 Å². The molecule has 0 radical (unpaired) electrons. The highest BCUT2D eigenvalue weighted by Gasteiger charge is 2.27. The molecule has 0 spiro atoms. The fourth-order valence-corrected chi connectivity index (χ4v) is 3.05. The van der Waals surface area contributed by atoms with Gasteiger partial charge in [0.05, 0.1) is 11.3 Å². The van der Waals surface area contributed by atoms with Crippen molar-refractivity contribution in [3.05, 3.63) is 23.8 Å². The molecule has 1 fully saturated rings. The lowest BCUT2D eigenvalue weighted by atomic mass is 9.97. The van der Waals surface area contributed by atoms with Crippen LogP contribution in [-0.2, 0) is 0 Å². The van der Waals surface area contributed by atoms with E-state index >= 15 is 0 Å². The molecule has 2 heterocycles. The zero-order valence-electron chi connectivity index (χ0n) is 12.0. The van der Waals surface area contributed by atoms with Gasteiger partial charge in [0, 0.05) is 19.3 Å². The van der Waals surface area contributed by atoms with E-state index in [1.807, 2.05) is 6.92 Å². The fraction of sp³-hybridized carbons (Fsp3) is 0.571. The second kappa shape index (κ2) is 5.77. The third-order valence-corrected chi connectivity index (χ3v) is 4.37. The Morgan fingerprint density at radius 3 is 3.05 bits per heavy atom. The third kappa shape index (κ3) is 2.61. The molecular weight excluding hydrogens is 270 g/mol. The van der Waals surface area contributed by atoms with Crippen molar-refractivity contribution >= 4 is 11.7 Å². The molecule has 2 atom stereocenters. The zero-order valence-corrected chi connectivity index (χ0v) is 12.0. The summed E-state index contributed by atoms with van der Waals surface area (Å²) in [5, 5.41) is 16.3. The molecule has 2 aromatic heterocycles. The molecule has 3 rings (SSSR count). The maximum absolute atomic E-state index is 12.3. The number of amides is 1. The summed E-state index contributed by atoms with van der Waals surface area (Å²) in [5.41, 5.74) is 1.23. The first-order valence-corrected chi connectivity index (χ1v) is 7.25. The monoisotopic (exact) mass is 289 g/mol. The number of hydrogen-bond acceptors (Lipinski definition) is 5. The van der Waals surface area contributed by atoms with Crippen LogP contribution in [0.25, 0.3) is 5.78 Å². The van der Waals surface area contributed by atoms with Crippen molar-refractivity contribution in [3.63, 3.8) is 0 Å². The lowest BCUT2D eigenvalue weighted by Gasteiger charge is -2.18. The van der Waals surface area contributed by atoms with E-state index in [-0.39, 0.29) is 12.5 Å². The van der Waals surface area contributed by atoms with Gasteiger partial charge in [-0.1, -0.05) is 6.42 Å². The number of rotatable bonds is 4. The number of carbonyl (C=O) groups is 1. The minimum absolute atomic E-state index is 0.152. The van der Waals surface area contributed by atoms with Crippen LogP contribution < -0.4 is 5.32 Å². The second-order valence-electron chi connectivity index (χ2n) is 5.57. The lowest BCUT2D eigenvalue weighted by molar-refractivity contribution is 0.0936. The van der Waals surface area contributed by atoms with Crippen molar-refractivity contribution in [1.82, 2.24) is 24.9 Å². The second-order valence-corrected chi connectivity index (χ2v) is 5.57. The number of nitrogens with one attached hydrogen (secondary N) is 1. The third-order valence-electron chi connectivity index (χ3n) is 4.37. The number of aliphatic hydroxyl groups is 1. The summed E-state index contributed by atoms with van der Waals surface area (Å²) in [6.45, 7) is 2.62. The van der Waals surface area contributed by atoms with Crippen molar-refractivity contribution < 1.29 is 9.90 Å². The van der Waals surface area contributed by atoms with E-state index in [0.717, 1.165) is 25.0 Å². The van der Waals surface area contributed by atoms with Crippen LogP contribution in [0.2, 0.25) is 0 Å². The summed E-state index contributed by atoms with van der Waals surface area (Å²) in [4.78, 5) is 20.4. The van der Waals surface area contributed by atoms with Crippen LogP contribution in [0.15, 0.2) is 12.5 Å². The van der Waals surface area contributed by atoms with E-state index in [0.29, 0.717) is 29.7 Å². The molecule has 1 amide bonds. The van der Waals surface area contributed by atoms with Crippen molar-refractivity contribution in [2.24, 2.45) is 11.8 Å². The van der Waals surface area contributed by atoms with E-state index in [9.17, 15) is 9.90 Å². The summed E-state index contributed by atoms with van der Waals surface area (Å²) in [6, 6.07) is 0. The van der Waals surface area contributed by atoms with Gasteiger partial charge in [-0.3, -0.25) is 4.79 Å². The quantitative estimate of drug-likeness (QED) is 0.858. The Bertz CT molecular complexity index is 654. The van der Waals surface area contributed by atoms with Crippen molar-refractivity contribution in [1.29, 1.82) is 0 Å². The van der Waals surface area contributed by atoms with Gasteiger partial charge in [0.2, 0.25) is 0 Å². The van der Waals surface area contributed by atoms with Gasteiger partial charge in [0.25, 0.3) is 11.7 Å². The highest BCUT2D eigenvalue weighted by atomic mass is 16.3. The molecule has 112 valence electrons. The summed E-state index contributed by atoms with van der Waals surface area (Å²) in [7, 11) is 0. The van der Waals surface area contributed by atoms with E-state index in [1.165, 1.54) is 12.5 Å². The Balaban J connectivity index is 1.70. The first-order valence-electron chi connectivity index (χ1n) is 7.25. The van der Waals surface area contributed by atoms with E-state index in [1.54, 1.807) is 4.52 Å². The smallest absolute Gasteiger partial charge is 0.254 e. The molecule has 1 aliphatic rings. The molecule has 0 saturated heterocycles. The van der Waals surface area contributed by atoms with Gasteiger partial charge in [0.1, 0.15) is 6.33 Å². The number of aryl methyl sites for hydroxylation is 1. The van der Waals surface area contributed by atoms with Crippen LogP contribution in [-0.4, -0.2) is 43.7 Å². The Hall–Kier alpha value is -2.02. The summed E-state index contributed by atoms with van der Waals surface area (Å²) >= 11 is 0. The zero-order chi connectivity index (χ0) is 14.8. The van der Waals surface area contributed by atoms with Gasteiger partial charge in [-0.2, -0.15) is 10.1 Å². The molecule has 1 saturated carbocycles. The molecule has 0 aliphatic heterocycles. The fourth-order valence-electron chi connectivity index (χ4n) is 3.05. The number of carbonyl (C=O) groups excluding carboxylic acids is 1. The Morgan fingerprint density at radius 1 is 1.43 bits per heavy atom. The number of fused-ring (bicyclic) bond motifs is 1. The predicted octanol–water partition coefficient (Wildman–Crippen LogP) is 0.571. The number of hydrogen-bond donors (Lipinski definition) is 2. The van der Waals surface area contributed by atoms with Crippen LogP contribution in [0.3, 0.4) is 0 Å². The molecule has 2 N–H and O–H groups in total. The van der Waals surface area contributed by atoms with E-state index in [2.05, 4.69) is 20.4 Å². The largest absolute Gasteiger partial charge is 0.396 e. The van der Waals surface area contributed by atoms with Crippen LogP contribution in [0.4, 0.5) is 0 Å². The minimum atomic E-state index is -0.152. The molecule has 2 unspecified atom stereocenters. The maximum atomic E-state index is 12.3. The Morgan fingerprint density at radius 2 is 2.24 bits per heavy atom. The molecule has 2 aromatic rings. The maximum Gasteiger partial charge on any atom is 0.254 e. The SMILES string of the molecule is Cc1c(C(=O)NCC2CCCC2CO)cnc2ncnn12. The average molecular weight is 289 g/mol. The molecule has 7 nitrogen and oxygen atoms in total. The van der Waals surface area contributed by atoms with Gasteiger partial charge >= 0.3 is 0 Å². The van der Waals surface area contributed by atoms with Crippen molar-refractivity contribution in [3.8, 4) is 0 Å². The van der Waals surface area contributed by atoms with Gasteiger partial charge in [-0.25, -0.2) is 9.50 Å². The Kier molecular flexibility index (Phi) is 3.83. The lowest BCUT2D eigenvalue weighted by Crippen LogP contribution is -2.32. The molecule has 0 aromatic carbocycles. The summed E-state index contributed by atoms with van der Waals surface area (Å²) in [6.07, 6.45) is 6.18. The summed E-state index contributed by atoms with van der Waals surface area (Å²) < 4.78 is 1.56. The van der Waals surface area contributed by atoms with Crippen molar-refractivity contribution in [2.45, 2.75) is 26.2 Å². The van der Waals surface area contributed by atoms with E-state index < -0.39 is 0 Å². The van der Waals surface area contributed by atoms with Crippen LogP contribution >= 0.6 is 0 Å². The van der Waals surface area contributed by atoms with Crippen LogP contribution in [0, 0.1) is 18.8 Å². The van der Waals surface area contributed by atoms with Gasteiger partial charge in [-0.15, -0.1) is 0 Å². The van der Waals surface area contributed by atoms with Gasteiger partial charge in [-0.05, 0) is 31.6 Å². The first-order chi connectivity index (χ1) is 10.2. The Labute approximate surface area is 122 Å². The molecule has 1 aliphatic carbocycles. The topological polar surface area (TPSA) is 92.4 Å². The van der Waals surface area contributed by atoms with Crippen molar-refractivity contribution in [2.75, 3.05) is 13.2 Å². The average Bonchev–Trinajstić information content (AvgIpc) is 3.13. The number of nitrogens with zero attached hydrogens (tertiary/aromatic N) is 4. The highest BCUT2D eigenvalue weighted by molar-refractivity contribution is 5.95. The van der Waals surface area contributed by atoms with Gasteiger partial charge < -0.3 is 10.4 Å². The van der Waals surface area contributed by atoms with Crippen LogP contribution in [0.5, 0.6) is 0 Å². The number of aromatic nitrogens is 4. The number of aliphatic hydroxyl groups excluding tert-OH is 1. The molecular formula is C14H19N5O2. The molecule has 21 heavy (non-hydrogen) atoms. The molecule has 7 heteroatoms. The normalized spacial score (nSPS) is 21.8. The minimum Gasteiger partial charge on any atom is -0.396 e. The van der Waals surface area contributed by atoms with Crippen LogP contribution in [0.1, 0.15) is 35.3 Å². The standard InChI is InChI=1S/C14H19N5O2/c1-9-12(6-16-14-17-8-18-19(9)14)13(21)15-5-10-3-2-4-11(10)7-20/h6,8,10-11,20H,2-5,7H2,1H3,(H,15,21). The summed E-state index contributed by atoms with van der Waals surface area (Å²) in [5.74, 6) is 1.01. The first kappa shape index (κ1) is 13.9.